The first-order valence-electron chi connectivity index (χ1n) is 4.67. The Hall–Kier alpha value is -1.31. The lowest BCUT2D eigenvalue weighted by Gasteiger charge is -2.07. The smallest absolute Gasteiger partial charge is 0.233 e. The van der Waals surface area contributed by atoms with Crippen molar-refractivity contribution in [2.45, 2.75) is 6.92 Å². The molecule has 1 N–H and O–H groups in total. The van der Waals surface area contributed by atoms with Crippen LogP contribution in [0.4, 0.5) is 0 Å². The fourth-order valence-electron chi connectivity index (χ4n) is 1.01. The van der Waals surface area contributed by atoms with Gasteiger partial charge in [0.1, 0.15) is 17.7 Å². The molecule has 1 aromatic heterocycles. The molecule has 0 atom stereocenters. The summed E-state index contributed by atoms with van der Waals surface area (Å²) in [6.07, 6.45) is 1.51. The van der Waals surface area contributed by atoms with E-state index in [0.29, 0.717) is 18.1 Å². The Morgan fingerprint density at radius 1 is 1.67 bits per heavy atom. The number of nitriles is 1. The average molecular weight is 226 g/mol. The number of aromatic nitrogens is 1. The van der Waals surface area contributed by atoms with E-state index in [9.17, 15) is 0 Å². The standard InChI is InChI=1S/C10H12ClN3O/c1-2-13-5-6-15-10-9(11)8(7-12)3-4-14-10/h3-4,13H,2,5-6H2,1H3. The van der Waals surface area contributed by atoms with E-state index in [1.807, 2.05) is 13.0 Å². The van der Waals surface area contributed by atoms with Crippen LogP contribution >= 0.6 is 11.6 Å². The van der Waals surface area contributed by atoms with Crippen molar-refractivity contribution in [3.8, 4) is 11.9 Å². The van der Waals surface area contributed by atoms with E-state index >= 15 is 0 Å². The van der Waals surface area contributed by atoms with Crippen LogP contribution in [0.3, 0.4) is 0 Å². The largest absolute Gasteiger partial charge is 0.475 e. The molecule has 5 heteroatoms. The van der Waals surface area contributed by atoms with Crippen molar-refractivity contribution in [1.82, 2.24) is 10.3 Å². The zero-order valence-corrected chi connectivity index (χ0v) is 9.21. The molecule has 0 aliphatic rings. The maximum atomic E-state index is 8.72. The number of ether oxygens (including phenoxy) is 1. The quantitative estimate of drug-likeness (QED) is 0.774. The van der Waals surface area contributed by atoms with Crippen LogP contribution in [-0.4, -0.2) is 24.7 Å². The number of nitrogens with zero attached hydrogens (tertiary/aromatic N) is 2. The average Bonchev–Trinajstić information content (AvgIpc) is 2.26. The van der Waals surface area contributed by atoms with E-state index in [1.54, 1.807) is 6.07 Å². The molecule has 80 valence electrons. The van der Waals surface area contributed by atoms with Crippen molar-refractivity contribution in [2.75, 3.05) is 19.7 Å². The van der Waals surface area contributed by atoms with Gasteiger partial charge in [-0.1, -0.05) is 18.5 Å². The maximum absolute atomic E-state index is 8.72. The SMILES string of the molecule is CCNCCOc1nccc(C#N)c1Cl. The monoisotopic (exact) mass is 225 g/mol. The highest BCUT2D eigenvalue weighted by Crippen LogP contribution is 2.24. The van der Waals surface area contributed by atoms with Gasteiger partial charge >= 0.3 is 0 Å². The molecule has 0 aliphatic carbocycles. The Labute approximate surface area is 93.8 Å². The molecule has 0 unspecified atom stereocenters. The molecule has 0 bridgehead atoms. The summed E-state index contributed by atoms with van der Waals surface area (Å²) in [6, 6.07) is 3.52. The van der Waals surface area contributed by atoms with Gasteiger partial charge < -0.3 is 10.1 Å². The van der Waals surface area contributed by atoms with Gasteiger partial charge in [-0.2, -0.15) is 5.26 Å². The molecule has 4 nitrogen and oxygen atoms in total. The Kier molecular flexibility index (Phi) is 4.88. The first kappa shape index (κ1) is 11.8. The second kappa shape index (κ2) is 6.23. The van der Waals surface area contributed by atoms with Crippen molar-refractivity contribution >= 4 is 11.6 Å². The third kappa shape index (κ3) is 3.39. The summed E-state index contributed by atoms with van der Waals surface area (Å²) < 4.78 is 5.32. The summed E-state index contributed by atoms with van der Waals surface area (Å²) in [5.41, 5.74) is 0.380. The highest BCUT2D eigenvalue weighted by molar-refractivity contribution is 6.32. The van der Waals surface area contributed by atoms with Crippen LogP contribution in [0.2, 0.25) is 5.02 Å². The second-order valence-electron chi connectivity index (χ2n) is 2.79. The van der Waals surface area contributed by atoms with E-state index in [0.717, 1.165) is 13.1 Å². The molecule has 1 heterocycles. The summed E-state index contributed by atoms with van der Waals surface area (Å²) in [6.45, 7) is 4.12. The van der Waals surface area contributed by atoms with Crippen LogP contribution in [-0.2, 0) is 0 Å². The lowest BCUT2D eigenvalue weighted by molar-refractivity contribution is 0.304. The highest BCUT2D eigenvalue weighted by atomic mass is 35.5. The molecule has 0 saturated carbocycles. The van der Waals surface area contributed by atoms with Crippen LogP contribution in [0.1, 0.15) is 12.5 Å². The van der Waals surface area contributed by atoms with Crippen LogP contribution in [0.25, 0.3) is 0 Å². The molecule has 1 rings (SSSR count). The Morgan fingerprint density at radius 3 is 3.13 bits per heavy atom. The Morgan fingerprint density at radius 2 is 2.47 bits per heavy atom. The summed E-state index contributed by atoms with van der Waals surface area (Å²) >= 11 is 5.89. The van der Waals surface area contributed by atoms with Gasteiger partial charge in [0.25, 0.3) is 0 Å². The van der Waals surface area contributed by atoms with Crippen LogP contribution < -0.4 is 10.1 Å². The molecule has 0 spiro atoms. The van der Waals surface area contributed by atoms with Gasteiger partial charge in [-0.05, 0) is 12.6 Å². The van der Waals surface area contributed by atoms with Crippen LogP contribution in [0, 0.1) is 11.3 Å². The van der Waals surface area contributed by atoms with Gasteiger partial charge in [0.05, 0.1) is 5.56 Å². The first-order valence-corrected chi connectivity index (χ1v) is 5.05. The Bertz CT molecular complexity index is 362. The van der Waals surface area contributed by atoms with E-state index in [1.165, 1.54) is 6.20 Å². The molecule has 1 aromatic rings. The minimum absolute atomic E-state index is 0.275. The van der Waals surface area contributed by atoms with Gasteiger partial charge in [-0.25, -0.2) is 4.98 Å². The summed E-state index contributed by atoms with van der Waals surface area (Å²) in [4.78, 5) is 3.95. The zero-order valence-electron chi connectivity index (χ0n) is 8.46. The number of rotatable bonds is 5. The van der Waals surface area contributed by atoms with Crippen molar-refractivity contribution in [2.24, 2.45) is 0 Å². The first-order chi connectivity index (χ1) is 7.29. The number of nitrogens with one attached hydrogen (secondary N) is 1. The fourth-order valence-corrected chi connectivity index (χ4v) is 1.22. The number of hydrogen-bond acceptors (Lipinski definition) is 4. The number of halogens is 1. The minimum atomic E-state index is 0.275. The van der Waals surface area contributed by atoms with Gasteiger partial charge in [-0.3, -0.25) is 0 Å². The van der Waals surface area contributed by atoms with Crippen LogP contribution in [0.15, 0.2) is 12.3 Å². The van der Waals surface area contributed by atoms with E-state index < -0.39 is 0 Å². The lowest BCUT2D eigenvalue weighted by atomic mass is 10.3. The molecular weight excluding hydrogens is 214 g/mol. The predicted molar refractivity (Wildman–Crippen MR) is 58.0 cm³/mol. The van der Waals surface area contributed by atoms with Gasteiger partial charge in [0.15, 0.2) is 0 Å². The summed E-state index contributed by atoms with van der Waals surface area (Å²) in [5, 5.41) is 12.1. The van der Waals surface area contributed by atoms with Crippen molar-refractivity contribution < 1.29 is 4.74 Å². The minimum Gasteiger partial charge on any atom is -0.475 e. The molecule has 0 aliphatic heterocycles. The normalized spacial score (nSPS) is 9.67. The number of hydrogen-bond donors (Lipinski definition) is 1. The van der Waals surface area contributed by atoms with E-state index in [2.05, 4.69) is 10.3 Å². The van der Waals surface area contributed by atoms with Gasteiger partial charge in [-0.15, -0.1) is 0 Å². The molecule has 15 heavy (non-hydrogen) atoms. The van der Waals surface area contributed by atoms with E-state index in [-0.39, 0.29) is 5.02 Å². The molecule has 0 radical (unpaired) electrons. The third-order valence-electron chi connectivity index (χ3n) is 1.75. The second-order valence-corrected chi connectivity index (χ2v) is 3.17. The molecule has 0 aromatic carbocycles. The zero-order chi connectivity index (χ0) is 11.1. The topological polar surface area (TPSA) is 57.9 Å². The van der Waals surface area contributed by atoms with Gasteiger partial charge in [0, 0.05) is 12.7 Å². The summed E-state index contributed by atoms with van der Waals surface area (Å²) in [5.74, 6) is 0.314. The predicted octanol–water partition coefficient (Wildman–Crippen LogP) is 1.59. The van der Waals surface area contributed by atoms with Gasteiger partial charge in [0.2, 0.25) is 5.88 Å². The van der Waals surface area contributed by atoms with E-state index in [4.69, 9.17) is 21.6 Å². The molecule has 0 saturated heterocycles. The third-order valence-corrected chi connectivity index (χ3v) is 2.11. The Balaban J connectivity index is 2.58. The molecule has 0 amide bonds. The van der Waals surface area contributed by atoms with Crippen molar-refractivity contribution in [1.29, 1.82) is 5.26 Å². The molecule has 0 fully saturated rings. The van der Waals surface area contributed by atoms with Crippen molar-refractivity contribution in [3.63, 3.8) is 0 Å². The number of pyridine rings is 1. The van der Waals surface area contributed by atoms with Crippen molar-refractivity contribution in [3.05, 3.63) is 22.8 Å². The number of likely N-dealkylation sites (N-methyl/N-ethyl adjacent to an activating group) is 1. The maximum Gasteiger partial charge on any atom is 0.233 e. The fraction of sp³-hybridized carbons (Fsp3) is 0.400. The van der Waals surface area contributed by atoms with Crippen LogP contribution in [0.5, 0.6) is 5.88 Å². The lowest BCUT2D eigenvalue weighted by Crippen LogP contribution is -2.20. The summed E-state index contributed by atoms with van der Waals surface area (Å²) in [7, 11) is 0. The molecular formula is C10H12ClN3O. The highest BCUT2D eigenvalue weighted by Gasteiger charge is 2.07.